The minimum atomic E-state index is -0.465. The average molecular weight is 288 g/mol. The molecule has 0 radical (unpaired) electrons. The average Bonchev–Trinajstić information content (AvgIpc) is 2.51. The summed E-state index contributed by atoms with van der Waals surface area (Å²) in [6, 6.07) is 6.01. The van der Waals surface area contributed by atoms with Gasteiger partial charge in [-0.1, -0.05) is 0 Å². The number of rotatable bonds is 3. The third kappa shape index (κ3) is 2.33. The lowest BCUT2D eigenvalue weighted by Crippen LogP contribution is -2.69. The van der Waals surface area contributed by atoms with Crippen molar-refractivity contribution in [2.45, 2.75) is 31.0 Å². The van der Waals surface area contributed by atoms with Gasteiger partial charge in [0.15, 0.2) is 0 Å². The maximum Gasteiger partial charge on any atom is 0.292 e. The summed E-state index contributed by atoms with van der Waals surface area (Å²) in [6.45, 7) is 0.701. The van der Waals surface area contributed by atoms with E-state index in [9.17, 15) is 10.1 Å². The summed E-state index contributed by atoms with van der Waals surface area (Å²) in [5.74, 6) is 0.314. The molecule has 2 aliphatic rings. The van der Waals surface area contributed by atoms with Gasteiger partial charge in [0, 0.05) is 24.6 Å². The highest BCUT2D eigenvalue weighted by Crippen LogP contribution is 2.39. The fourth-order valence-corrected chi connectivity index (χ4v) is 3.19. The predicted molar refractivity (Wildman–Crippen MR) is 75.7 cm³/mol. The summed E-state index contributed by atoms with van der Waals surface area (Å²) in [5.41, 5.74) is 6.79. The molecule has 0 bridgehead atoms. The first-order valence-corrected chi connectivity index (χ1v) is 6.94. The van der Waals surface area contributed by atoms with Gasteiger partial charge in [0.25, 0.3) is 5.69 Å². The van der Waals surface area contributed by atoms with Gasteiger partial charge in [-0.15, -0.1) is 0 Å². The van der Waals surface area contributed by atoms with Gasteiger partial charge in [-0.05, 0) is 25.0 Å². The Morgan fingerprint density at radius 1 is 1.52 bits per heavy atom. The molecule has 3 rings (SSSR count). The van der Waals surface area contributed by atoms with E-state index in [-0.39, 0.29) is 23.9 Å². The number of ether oxygens (including phenoxy) is 1. The van der Waals surface area contributed by atoms with E-state index >= 15 is 0 Å². The third-order valence-electron chi connectivity index (χ3n) is 4.32. The normalized spacial score (nSPS) is 30.7. The molecule has 7 heteroatoms. The van der Waals surface area contributed by atoms with Crippen LogP contribution in [0, 0.1) is 27.4 Å². The van der Waals surface area contributed by atoms with Gasteiger partial charge in [0.2, 0.25) is 0 Å². The Morgan fingerprint density at radius 2 is 2.33 bits per heavy atom. The Balaban J connectivity index is 1.84. The van der Waals surface area contributed by atoms with E-state index in [4.69, 9.17) is 15.7 Å². The van der Waals surface area contributed by atoms with E-state index in [0.717, 1.165) is 12.8 Å². The number of nitrogens with one attached hydrogen (secondary N) is 1. The first-order chi connectivity index (χ1) is 10.1. The fraction of sp³-hybridized carbons (Fsp3) is 0.500. The van der Waals surface area contributed by atoms with Crippen LogP contribution >= 0.6 is 0 Å². The second-order valence-corrected chi connectivity index (χ2v) is 5.49. The van der Waals surface area contributed by atoms with Gasteiger partial charge < -0.3 is 15.8 Å². The molecule has 7 nitrogen and oxygen atoms in total. The highest BCUT2D eigenvalue weighted by Gasteiger charge is 2.50. The smallest absolute Gasteiger partial charge is 0.292 e. The lowest BCUT2D eigenvalue weighted by molar-refractivity contribution is -0.384. The largest absolute Gasteiger partial charge is 0.376 e. The second-order valence-electron chi connectivity index (χ2n) is 5.49. The zero-order valence-electron chi connectivity index (χ0n) is 11.4. The third-order valence-corrected chi connectivity index (χ3v) is 4.32. The van der Waals surface area contributed by atoms with E-state index < -0.39 is 4.92 Å². The Hall–Kier alpha value is -2.17. The van der Waals surface area contributed by atoms with Crippen LogP contribution in [0.25, 0.3) is 0 Å². The first-order valence-electron chi connectivity index (χ1n) is 6.94. The maximum atomic E-state index is 11.1. The van der Waals surface area contributed by atoms with Crippen LogP contribution in [-0.4, -0.2) is 29.7 Å². The molecule has 1 saturated carbocycles. The van der Waals surface area contributed by atoms with E-state index in [2.05, 4.69) is 5.32 Å². The van der Waals surface area contributed by atoms with Crippen molar-refractivity contribution in [1.29, 1.82) is 5.26 Å². The van der Waals surface area contributed by atoms with Crippen LogP contribution in [0.4, 0.5) is 11.4 Å². The first kappa shape index (κ1) is 13.8. The van der Waals surface area contributed by atoms with Gasteiger partial charge in [-0.3, -0.25) is 10.1 Å². The molecule has 3 N–H and O–H groups in total. The van der Waals surface area contributed by atoms with E-state index in [1.54, 1.807) is 0 Å². The number of nitrogens with zero attached hydrogens (tertiary/aromatic N) is 2. The summed E-state index contributed by atoms with van der Waals surface area (Å²) >= 11 is 0. The van der Waals surface area contributed by atoms with Crippen molar-refractivity contribution < 1.29 is 9.66 Å². The number of hydrogen-bond donors (Lipinski definition) is 2. The summed E-state index contributed by atoms with van der Waals surface area (Å²) in [7, 11) is 0. The van der Waals surface area contributed by atoms with Gasteiger partial charge in [-0.25, -0.2) is 0 Å². The number of nitriles is 1. The Bertz CT molecular complexity index is 613. The summed E-state index contributed by atoms with van der Waals surface area (Å²) in [4.78, 5) is 10.6. The van der Waals surface area contributed by atoms with Crippen LogP contribution in [0.2, 0.25) is 0 Å². The molecule has 0 spiro atoms. The van der Waals surface area contributed by atoms with E-state index in [1.165, 1.54) is 18.2 Å². The van der Waals surface area contributed by atoms with Crippen LogP contribution in [0.3, 0.4) is 0 Å². The molecule has 1 aromatic carbocycles. The molecule has 4 atom stereocenters. The molecule has 21 heavy (non-hydrogen) atoms. The SMILES string of the molecule is N#Cc1ccc([N+](=O)[O-])c(NC2C(N)C3CCCOC32)c1. The lowest BCUT2D eigenvalue weighted by Gasteiger charge is -2.52. The highest BCUT2D eigenvalue weighted by atomic mass is 16.6. The number of fused-ring (bicyclic) bond motifs is 1. The second kappa shape index (κ2) is 5.31. The molecule has 1 heterocycles. The van der Waals surface area contributed by atoms with Crippen LogP contribution in [0.1, 0.15) is 18.4 Å². The fourth-order valence-electron chi connectivity index (χ4n) is 3.19. The van der Waals surface area contributed by atoms with Crippen molar-refractivity contribution in [3.8, 4) is 6.07 Å². The maximum absolute atomic E-state index is 11.1. The molecular weight excluding hydrogens is 272 g/mol. The van der Waals surface area contributed by atoms with Crippen LogP contribution in [0.5, 0.6) is 0 Å². The minimum Gasteiger partial charge on any atom is -0.376 e. The van der Waals surface area contributed by atoms with Crippen molar-refractivity contribution in [2.75, 3.05) is 11.9 Å². The number of hydrogen-bond acceptors (Lipinski definition) is 6. The Labute approximate surface area is 121 Å². The van der Waals surface area contributed by atoms with Gasteiger partial charge >= 0.3 is 0 Å². The molecule has 110 valence electrons. The zero-order chi connectivity index (χ0) is 15.0. The summed E-state index contributed by atoms with van der Waals surface area (Å²) in [6.07, 6.45) is 2.04. The van der Waals surface area contributed by atoms with Crippen LogP contribution in [0.15, 0.2) is 18.2 Å². The van der Waals surface area contributed by atoms with Crippen LogP contribution < -0.4 is 11.1 Å². The molecule has 1 aliphatic carbocycles. The molecular formula is C14H16N4O3. The van der Waals surface area contributed by atoms with Crippen molar-refractivity contribution in [3.63, 3.8) is 0 Å². The van der Waals surface area contributed by atoms with Gasteiger partial charge in [0.05, 0.1) is 28.7 Å². The molecule has 0 aromatic heterocycles. The number of anilines is 1. The number of nitrogens with two attached hydrogens (primary N) is 1. The van der Waals surface area contributed by atoms with Crippen molar-refractivity contribution in [3.05, 3.63) is 33.9 Å². The molecule has 1 saturated heterocycles. The zero-order valence-corrected chi connectivity index (χ0v) is 11.4. The highest BCUT2D eigenvalue weighted by molar-refractivity contribution is 5.65. The topological polar surface area (TPSA) is 114 Å². The van der Waals surface area contributed by atoms with Crippen molar-refractivity contribution in [2.24, 2.45) is 11.7 Å². The number of benzene rings is 1. The number of nitro benzene ring substituents is 1. The summed E-state index contributed by atoms with van der Waals surface area (Å²) < 4.78 is 5.71. The van der Waals surface area contributed by atoms with Crippen molar-refractivity contribution >= 4 is 11.4 Å². The van der Waals surface area contributed by atoms with Crippen molar-refractivity contribution in [1.82, 2.24) is 0 Å². The monoisotopic (exact) mass is 288 g/mol. The standard InChI is InChI=1S/C14H16N4O3/c15-7-8-3-4-11(18(19)20)10(6-8)17-13-12(16)9-2-1-5-21-14(9)13/h3-4,6,9,12-14,17H,1-2,5,16H2. The molecule has 1 aromatic rings. The minimum absolute atomic E-state index is 0.000837. The summed E-state index contributed by atoms with van der Waals surface area (Å²) in [5, 5.41) is 23.1. The van der Waals surface area contributed by atoms with Gasteiger partial charge in [0.1, 0.15) is 5.69 Å². The quantitative estimate of drug-likeness (QED) is 0.641. The van der Waals surface area contributed by atoms with E-state index in [1.807, 2.05) is 6.07 Å². The molecule has 4 unspecified atom stereocenters. The van der Waals surface area contributed by atoms with E-state index in [0.29, 0.717) is 23.8 Å². The Kier molecular flexibility index (Phi) is 3.49. The molecule has 2 fully saturated rings. The molecule has 1 aliphatic heterocycles. The predicted octanol–water partition coefficient (Wildman–Crippen LogP) is 1.38. The molecule has 0 amide bonds. The Morgan fingerprint density at radius 3 is 3.05 bits per heavy atom. The lowest BCUT2D eigenvalue weighted by atomic mass is 9.68. The number of nitro groups is 1. The van der Waals surface area contributed by atoms with Crippen LogP contribution in [-0.2, 0) is 4.74 Å². The van der Waals surface area contributed by atoms with Gasteiger partial charge in [-0.2, -0.15) is 5.26 Å².